The maximum Gasteiger partial charge on any atom is 0.262 e. The SMILES string of the molecule is CCc1nc(C)c2c(C)c(C(=O)NC(c3cccs3)C(C)C)sc2n1. The second-order valence-corrected chi connectivity index (χ2v) is 8.50. The molecule has 0 bridgehead atoms. The molecule has 0 aromatic carbocycles. The Morgan fingerprint density at radius 1 is 1.28 bits per heavy atom. The van der Waals surface area contributed by atoms with Gasteiger partial charge < -0.3 is 5.32 Å². The van der Waals surface area contributed by atoms with Gasteiger partial charge in [-0.2, -0.15) is 0 Å². The van der Waals surface area contributed by atoms with Crippen molar-refractivity contribution < 1.29 is 4.79 Å². The highest BCUT2D eigenvalue weighted by Gasteiger charge is 2.24. The first kappa shape index (κ1) is 18.0. The fraction of sp³-hybridized carbons (Fsp3) is 0.421. The third kappa shape index (κ3) is 3.46. The zero-order chi connectivity index (χ0) is 18.1. The number of nitrogens with one attached hydrogen (secondary N) is 1. The molecule has 3 aromatic heterocycles. The Balaban J connectivity index is 1.97. The van der Waals surface area contributed by atoms with Gasteiger partial charge >= 0.3 is 0 Å². The van der Waals surface area contributed by atoms with Crippen LogP contribution in [-0.2, 0) is 6.42 Å². The highest BCUT2D eigenvalue weighted by molar-refractivity contribution is 7.20. The molecule has 0 fully saturated rings. The average Bonchev–Trinajstić information content (AvgIpc) is 3.20. The normalized spacial score (nSPS) is 12.7. The van der Waals surface area contributed by atoms with Crippen LogP contribution in [0, 0.1) is 19.8 Å². The summed E-state index contributed by atoms with van der Waals surface area (Å²) < 4.78 is 0. The number of aryl methyl sites for hydroxylation is 3. The molecule has 0 aliphatic rings. The molecule has 0 spiro atoms. The van der Waals surface area contributed by atoms with Crippen LogP contribution in [0.2, 0.25) is 0 Å². The van der Waals surface area contributed by atoms with Crippen molar-refractivity contribution in [3.63, 3.8) is 0 Å². The fourth-order valence-electron chi connectivity index (χ4n) is 3.01. The largest absolute Gasteiger partial charge is 0.343 e. The lowest BCUT2D eigenvalue weighted by Gasteiger charge is -2.21. The Bertz CT molecular complexity index is 897. The van der Waals surface area contributed by atoms with Gasteiger partial charge in [-0.05, 0) is 36.8 Å². The van der Waals surface area contributed by atoms with Crippen molar-refractivity contribution in [2.24, 2.45) is 5.92 Å². The zero-order valence-electron chi connectivity index (χ0n) is 15.2. The van der Waals surface area contributed by atoms with E-state index in [0.29, 0.717) is 5.92 Å². The number of hydrogen-bond acceptors (Lipinski definition) is 5. The van der Waals surface area contributed by atoms with Crippen molar-refractivity contribution >= 4 is 38.8 Å². The summed E-state index contributed by atoms with van der Waals surface area (Å²) in [6.45, 7) is 10.3. The molecule has 1 atom stereocenters. The molecule has 3 heterocycles. The number of amides is 1. The van der Waals surface area contributed by atoms with E-state index in [0.717, 1.165) is 38.6 Å². The quantitative estimate of drug-likeness (QED) is 0.680. The maximum atomic E-state index is 13.0. The summed E-state index contributed by atoms with van der Waals surface area (Å²) in [5, 5.41) is 6.29. The first-order valence-electron chi connectivity index (χ1n) is 8.53. The van der Waals surface area contributed by atoms with E-state index in [2.05, 4.69) is 35.2 Å². The predicted octanol–water partition coefficient (Wildman–Crippen LogP) is 5.06. The Labute approximate surface area is 156 Å². The monoisotopic (exact) mass is 373 g/mol. The summed E-state index contributed by atoms with van der Waals surface area (Å²) in [7, 11) is 0. The zero-order valence-corrected chi connectivity index (χ0v) is 16.8. The maximum absolute atomic E-state index is 13.0. The molecule has 0 aliphatic carbocycles. The molecule has 6 heteroatoms. The molecular formula is C19H23N3OS2. The number of aromatic nitrogens is 2. The molecular weight excluding hydrogens is 350 g/mol. The lowest BCUT2D eigenvalue weighted by atomic mass is 10.0. The Kier molecular flexibility index (Phi) is 5.20. The summed E-state index contributed by atoms with van der Waals surface area (Å²) in [4.78, 5) is 25.0. The second-order valence-electron chi connectivity index (χ2n) is 6.53. The van der Waals surface area contributed by atoms with Gasteiger partial charge in [-0.3, -0.25) is 4.79 Å². The van der Waals surface area contributed by atoms with E-state index in [1.807, 2.05) is 32.2 Å². The summed E-state index contributed by atoms with van der Waals surface area (Å²) in [5.74, 6) is 1.13. The van der Waals surface area contributed by atoms with Gasteiger partial charge in [-0.25, -0.2) is 9.97 Å². The van der Waals surface area contributed by atoms with E-state index in [-0.39, 0.29) is 11.9 Å². The molecule has 1 N–H and O–H groups in total. The molecule has 25 heavy (non-hydrogen) atoms. The van der Waals surface area contributed by atoms with Crippen LogP contribution < -0.4 is 5.32 Å². The van der Waals surface area contributed by atoms with Crippen molar-refractivity contribution in [2.45, 2.75) is 47.1 Å². The van der Waals surface area contributed by atoms with Gasteiger partial charge in [0.15, 0.2) is 0 Å². The molecule has 4 nitrogen and oxygen atoms in total. The average molecular weight is 374 g/mol. The van der Waals surface area contributed by atoms with E-state index < -0.39 is 0 Å². The van der Waals surface area contributed by atoms with Crippen molar-refractivity contribution in [2.75, 3.05) is 0 Å². The number of nitrogens with zero attached hydrogens (tertiary/aromatic N) is 2. The lowest BCUT2D eigenvalue weighted by molar-refractivity contribution is 0.0930. The number of thiophene rings is 2. The topological polar surface area (TPSA) is 54.9 Å². The summed E-state index contributed by atoms with van der Waals surface area (Å²) in [6, 6.07) is 4.13. The molecule has 1 unspecified atom stereocenters. The first-order chi connectivity index (χ1) is 11.9. The number of carbonyl (C=O) groups excluding carboxylic acids is 1. The minimum absolute atomic E-state index is 0.0231. The molecule has 0 aliphatic heterocycles. The second kappa shape index (κ2) is 7.22. The van der Waals surface area contributed by atoms with E-state index >= 15 is 0 Å². The highest BCUT2D eigenvalue weighted by Crippen LogP contribution is 2.33. The number of hydrogen-bond donors (Lipinski definition) is 1. The highest BCUT2D eigenvalue weighted by atomic mass is 32.1. The lowest BCUT2D eigenvalue weighted by Crippen LogP contribution is -2.31. The van der Waals surface area contributed by atoms with Crippen LogP contribution in [0.1, 0.15) is 58.4 Å². The summed E-state index contributed by atoms with van der Waals surface area (Å²) >= 11 is 3.15. The van der Waals surface area contributed by atoms with E-state index in [1.165, 1.54) is 16.2 Å². The van der Waals surface area contributed by atoms with Gasteiger partial charge in [-0.15, -0.1) is 22.7 Å². The smallest absolute Gasteiger partial charge is 0.262 e. The summed E-state index contributed by atoms with van der Waals surface area (Å²) in [6.07, 6.45) is 0.795. The van der Waals surface area contributed by atoms with Crippen LogP contribution >= 0.6 is 22.7 Å². The summed E-state index contributed by atoms with van der Waals surface area (Å²) in [5.41, 5.74) is 1.93. The number of fused-ring (bicyclic) bond motifs is 1. The molecule has 3 aromatic rings. The van der Waals surface area contributed by atoms with Gasteiger partial charge in [0.2, 0.25) is 0 Å². The molecule has 0 radical (unpaired) electrons. The standard InChI is InChI=1S/C19H23N3OS2/c1-6-14-20-12(5)15-11(4)17(25-19(15)21-14)18(23)22-16(10(2)3)13-8-7-9-24-13/h7-10,16H,6H2,1-5H3,(H,22,23). The molecule has 132 valence electrons. The van der Waals surface area contributed by atoms with Crippen LogP contribution in [0.3, 0.4) is 0 Å². The van der Waals surface area contributed by atoms with E-state index in [9.17, 15) is 4.79 Å². The number of carbonyl (C=O) groups is 1. The van der Waals surface area contributed by atoms with Crippen LogP contribution in [-0.4, -0.2) is 15.9 Å². The molecule has 0 saturated carbocycles. The van der Waals surface area contributed by atoms with Gasteiger partial charge in [-0.1, -0.05) is 26.8 Å². The third-order valence-corrected chi connectivity index (χ3v) is 6.48. The van der Waals surface area contributed by atoms with Crippen LogP contribution in [0.5, 0.6) is 0 Å². The molecule has 0 saturated heterocycles. The van der Waals surface area contributed by atoms with Crippen molar-refractivity contribution in [1.82, 2.24) is 15.3 Å². The van der Waals surface area contributed by atoms with Crippen molar-refractivity contribution in [1.29, 1.82) is 0 Å². The van der Waals surface area contributed by atoms with Gasteiger partial charge in [0, 0.05) is 22.4 Å². The van der Waals surface area contributed by atoms with Gasteiger partial charge in [0.05, 0.1) is 10.9 Å². The number of rotatable bonds is 5. The van der Waals surface area contributed by atoms with Gasteiger partial charge in [0.25, 0.3) is 5.91 Å². The Hall–Kier alpha value is -1.79. The van der Waals surface area contributed by atoms with Crippen LogP contribution in [0.25, 0.3) is 10.2 Å². The Morgan fingerprint density at radius 2 is 2.04 bits per heavy atom. The predicted molar refractivity (Wildman–Crippen MR) is 106 cm³/mol. The van der Waals surface area contributed by atoms with E-state index in [4.69, 9.17) is 0 Å². The minimum Gasteiger partial charge on any atom is -0.343 e. The fourth-order valence-corrected chi connectivity index (χ4v) is 5.11. The molecule has 3 rings (SSSR count). The third-order valence-electron chi connectivity index (χ3n) is 4.34. The van der Waals surface area contributed by atoms with Crippen molar-refractivity contribution in [3.05, 3.63) is 44.3 Å². The van der Waals surface area contributed by atoms with Crippen LogP contribution in [0.4, 0.5) is 0 Å². The van der Waals surface area contributed by atoms with Gasteiger partial charge in [0.1, 0.15) is 10.7 Å². The van der Waals surface area contributed by atoms with E-state index in [1.54, 1.807) is 11.3 Å². The Morgan fingerprint density at radius 3 is 2.64 bits per heavy atom. The van der Waals surface area contributed by atoms with Crippen molar-refractivity contribution in [3.8, 4) is 0 Å². The molecule has 1 amide bonds. The van der Waals surface area contributed by atoms with Crippen LogP contribution in [0.15, 0.2) is 17.5 Å². The minimum atomic E-state index is -0.0231. The first-order valence-corrected chi connectivity index (χ1v) is 10.2.